The van der Waals surface area contributed by atoms with E-state index in [2.05, 4.69) is 11.9 Å². The molecule has 5 heteroatoms. The lowest BCUT2D eigenvalue weighted by atomic mass is 9.90. The molecular weight excluding hydrogens is 327 g/mol. The van der Waals surface area contributed by atoms with Gasteiger partial charge in [0, 0.05) is 12.5 Å². The highest BCUT2D eigenvalue weighted by atomic mass is 19.3. The Labute approximate surface area is 148 Å². The maximum Gasteiger partial charge on any atom is 0.277 e. The Balaban J connectivity index is 1.43. The molecule has 0 bridgehead atoms. The minimum Gasteiger partial charge on any atom is -0.478 e. The summed E-state index contributed by atoms with van der Waals surface area (Å²) in [4.78, 5) is 3.60. The molecule has 140 valence electrons. The molecule has 3 rings (SSSR count). The lowest BCUT2D eigenvalue weighted by molar-refractivity contribution is -0.0260. The van der Waals surface area contributed by atoms with E-state index in [1.165, 1.54) is 38.2 Å². The standard InChI is InChI=1S/C20H28F3NO/c1-2-14(15-9-10-15)7-4-3-5-12-25-17-13-16-8-6-11-20(22,23)18(16)19(21)24-17/h13-15H,2-12H2,1H3. The van der Waals surface area contributed by atoms with Crippen LogP contribution in [0.4, 0.5) is 13.2 Å². The average molecular weight is 355 g/mol. The second kappa shape index (κ2) is 7.96. The van der Waals surface area contributed by atoms with Crippen molar-refractivity contribution in [2.45, 2.75) is 77.1 Å². The highest BCUT2D eigenvalue weighted by molar-refractivity contribution is 5.35. The van der Waals surface area contributed by atoms with Gasteiger partial charge in [-0.2, -0.15) is 9.37 Å². The van der Waals surface area contributed by atoms with Crippen molar-refractivity contribution >= 4 is 0 Å². The number of aryl methyl sites for hydroxylation is 1. The maximum atomic E-state index is 14.0. The van der Waals surface area contributed by atoms with Crippen LogP contribution >= 0.6 is 0 Å². The van der Waals surface area contributed by atoms with E-state index in [0.717, 1.165) is 24.7 Å². The smallest absolute Gasteiger partial charge is 0.277 e. The molecule has 2 aliphatic rings. The van der Waals surface area contributed by atoms with Gasteiger partial charge in [0.2, 0.25) is 11.8 Å². The first-order chi connectivity index (χ1) is 12.0. The van der Waals surface area contributed by atoms with Crippen LogP contribution in [0.25, 0.3) is 0 Å². The molecule has 1 atom stereocenters. The van der Waals surface area contributed by atoms with E-state index in [1.807, 2.05) is 0 Å². The molecule has 2 aliphatic carbocycles. The third kappa shape index (κ3) is 4.68. The summed E-state index contributed by atoms with van der Waals surface area (Å²) in [6.45, 7) is 2.73. The molecule has 1 aromatic heterocycles. The topological polar surface area (TPSA) is 22.1 Å². The molecular formula is C20H28F3NO. The fourth-order valence-electron chi connectivity index (χ4n) is 4.02. The molecule has 1 fully saturated rings. The Hall–Kier alpha value is -1.26. The lowest BCUT2D eigenvalue weighted by Crippen LogP contribution is -2.23. The van der Waals surface area contributed by atoms with Crippen LogP contribution in [0.2, 0.25) is 0 Å². The lowest BCUT2D eigenvalue weighted by Gasteiger charge is -2.25. The third-order valence-electron chi connectivity index (χ3n) is 5.62. The Morgan fingerprint density at radius 2 is 2.08 bits per heavy atom. The minimum atomic E-state index is -3.11. The molecule has 0 N–H and O–H groups in total. The maximum absolute atomic E-state index is 14.0. The largest absolute Gasteiger partial charge is 0.478 e. The van der Waals surface area contributed by atoms with Crippen LogP contribution < -0.4 is 4.74 Å². The van der Waals surface area contributed by atoms with Gasteiger partial charge in [-0.15, -0.1) is 0 Å². The molecule has 1 heterocycles. The number of unbranched alkanes of at least 4 members (excludes halogenated alkanes) is 2. The van der Waals surface area contributed by atoms with E-state index in [0.29, 0.717) is 25.0 Å². The van der Waals surface area contributed by atoms with Crippen LogP contribution in [-0.4, -0.2) is 11.6 Å². The van der Waals surface area contributed by atoms with Crippen molar-refractivity contribution in [3.63, 3.8) is 0 Å². The van der Waals surface area contributed by atoms with E-state index < -0.39 is 17.4 Å². The number of halogens is 3. The second-order valence-corrected chi connectivity index (χ2v) is 7.55. The van der Waals surface area contributed by atoms with Gasteiger partial charge in [-0.1, -0.05) is 32.6 Å². The summed E-state index contributed by atoms with van der Waals surface area (Å²) in [7, 11) is 0. The highest BCUT2D eigenvalue weighted by Gasteiger charge is 2.40. The number of nitrogens with zero attached hydrogens (tertiary/aromatic N) is 1. The molecule has 0 aliphatic heterocycles. The number of aromatic nitrogens is 1. The van der Waals surface area contributed by atoms with Crippen LogP contribution in [0, 0.1) is 17.8 Å². The molecule has 25 heavy (non-hydrogen) atoms. The van der Waals surface area contributed by atoms with Crippen LogP contribution in [-0.2, 0) is 12.3 Å². The van der Waals surface area contributed by atoms with Crippen LogP contribution in [0.15, 0.2) is 6.07 Å². The van der Waals surface area contributed by atoms with Gasteiger partial charge in [-0.25, -0.2) is 8.78 Å². The monoisotopic (exact) mass is 355 g/mol. The molecule has 2 nitrogen and oxygen atoms in total. The molecule has 0 radical (unpaired) electrons. The summed E-state index contributed by atoms with van der Waals surface area (Å²) in [6, 6.07) is 1.49. The van der Waals surface area contributed by atoms with E-state index in [9.17, 15) is 13.2 Å². The van der Waals surface area contributed by atoms with Gasteiger partial charge in [0.05, 0.1) is 12.2 Å². The van der Waals surface area contributed by atoms with Crippen molar-refractivity contribution < 1.29 is 17.9 Å². The van der Waals surface area contributed by atoms with Crippen molar-refractivity contribution in [1.29, 1.82) is 0 Å². The van der Waals surface area contributed by atoms with Gasteiger partial charge in [0.1, 0.15) is 0 Å². The van der Waals surface area contributed by atoms with Gasteiger partial charge in [-0.3, -0.25) is 0 Å². The number of alkyl halides is 2. The van der Waals surface area contributed by atoms with Crippen molar-refractivity contribution in [3.05, 3.63) is 23.1 Å². The number of hydrogen-bond donors (Lipinski definition) is 0. The summed E-state index contributed by atoms with van der Waals surface area (Å²) in [5, 5.41) is 0. The number of hydrogen-bond acceptors (Lipinski definition) is 2. The Morgan fingerprint density at radius 1 is 1.28 bits per heavy atom. The van der Waals surface area contributed by atoms with Crippen molar-refractivity contribution in [2.75, 3.05) is 6.61 Å². The van der Waals surface area contributed by atoms with E-state index in [4.69, 9.17) is 4.74 Å². The Morgan fingerprint density at radius 3 is 2.80 bits per heavy atom. The zero-order valence-electron chi connectivity index (χ0n) is 15.0. The SMILES string of the molecule is CCC(CCCCCOc1cc2c(c(F)n1)C(F)(F)CCC2)C1CC1. The number of rotatable bonds is 9. The summed E-state index contributed by atoms with van der Waals surface area (Å²) >= 11 is 0. The van der Waals surface area contributed by atoms with Crippen LogP contribution in [0.3, 0.4) is 0 Å². The second-order valence-electron chi connectivity index (χ2n) is 7.55. The molecule has 0 amide bonds. The molecule has 1 aromatic rings. The zero-order chi connectivity index (χ0) is 17.9. The fourth-order valence-corrected chi connectivity index (χ4v) is 4.02. The fraction of sp³-hybridized carbons (Fsp3) is 0.750. The normalized spacial score (nSPS) is 20.2. The van der Waals surface area contributed by atoms with Gasteiger partial charge in [0.25, 0.3) is 5.92 Å². The summed E-state index contributed by atoms with van der Waals surface area (Å²) in [5.41, 5.74) is -0.189. The molecule has 0 spiro atoms. The first-order valence-electron chi connectivity index (χ1n) is 9.71. The van der Waals surface area contributed by atoms with Crippen LogP contribution in [0.1, 0.15) is 75.8 Å². The summed E-state index contributed by atoms with van der Waals surface area (Å²) < 4.78 is 47.1. The van der Waals surface area contributed by atoms with Gasteiger partial charge < -0.3 is 4.74 Å². The molecule has 0 saturated heterocycles. The van der Waals surface area contributed by atoms with E-state index in [-0.39, 0.29) is 12.3 Å². The van der Waals surface area contributed by atoms with E-state index >= 15 is 0 Å². The number of pyridine rings is 1. The zero-order valence-corrected chi connectivity index (χ0v) is 15.0. The quantitative estimate of drug-likeness (QED) is 0.399. The Kier molecular flexibility index (Phi) is 5.90. The first-order valence-corrected chi connectivity index (χ1v) is 9.71. The molecule has 1 saturated carbocycles. The highest BCUT2D eigenvalue weighted by Crippen LogP contribution is 2.42. The summed E-state index contributed by atoms with van der Waals surface area (Å²) in [6.07, 6.45) is 9.02. The van der Waals surface area contributed by atoms with Gasteiger partial charge in [0.15, 0.2) is 0 Å². The predicted octanol–water partition coefficient (Wildman–Crippen LogP) is 6.02. The van der Waals surface area contributed by atoms with Crippen LogP contribution in [0.5, 0.6) is 5.88 Å². The third-order valence-corrected chi connectivity index (χ3v) is 5.62. The Bertz CT molecular complexity index is 587. The number of fused-ring (bicyclic) bond motifs is 1. The van der Waals surface area contributed by atoms with Crippen molar-refractivity contribution in [2.24, 2.45) is 11.8 Å². The first kappa shape index (κ1) is 18.5. The van der Waals surface area contributed by atoms with E-state index in [1.54, 1.807) is 0 Å². The van der Waals surface area contributed by atoms with Crippen molar-refractivity contribution in [1.82, 2.24) is 4.98 Å². The van der Waals surface area contributed by atoms with Gasteiger partial charge >= 0.3 is 0 Å². The number of ether oxygens (including phenoxy) is 1. The summed E-state index contributed by atoms with van der Waals surface area (Å²) in [5.74, 6) is -2.22. The van der Waals surface area contributed by atoms with Gasteiger partial charge in [-0.05, 0) is 49.5 Å². The van der Waals surface area contributed by atoms with Crippen molar-refractivity contribution in [3.8, 4) is 5.88 Å². The molecule has 0 aromatic carbocycles. The average Bonchev–Trinajstić information content (AvgIpc) is 3.38. The minimum absolute atomic E-state index is 0.137. The predicted molar refractivity (Wildman–Crippen MR) is 91.5 cm³/mol. The molecule has 1 unspecified atom stereocenters.